The van der Waals surface area contributed by atoms with Gasteiger partial charge >= 0.3 is 0 Å². The van der Waals surface area contributed by atoms with Crippen LogP contribution in [0.3, 0.4) is 0 Å². The summed E-state index contributed by atoms with van der Waals surface area (Å²) in [5, 5.41) is 7.05. The van der Waals surface area contributed by atoms with E-state index in [4.69, 9.17) is 16.3 Å². The number of carbonyl (C=O) groups excluding carboxylic acids is 2. The van der Waals surface area contributed by atoms with Crippen LogP contribution in [0.25, 0.3) is 0 Å². The fourth-order valence-electron chi connectivity index (χ4n) is 3.64. The van der Waals surface area contributed by atoms with Crippen molar-refractivity contribution in [2.24, 2.45) is 5.10 Å². The van der Waals surface area contributed by atoms with Gasteiger partial charge in [-0.05, 0) is 73.2 Å². The highest BCUT2D eigenvalue weighted by Crippen LogP contribution is 2.24. The van der Waals surface area contributed by atoms with Gasteiger partial charge in [-0.3, -0.25) is 13.9 Å². The number of hydrogen-bond donors (Lipinski definition) is 2. The van der Waals surface area contributed by atoms with Gasteiger partial charge in [0.15, 0.2) is 6.61 Å². The average Bonchev–Trinajstić information content (AvgIpc) is 2.97. The van der Waals surface area contributed by atoms with E-state index in [1.165, 1.54) is 18.3 Å². The fourth-order valence-corrected chi connectivity index (χ4v) is 5.24. The molecule has 2 N–H and O–H groups in total. The Hall–Kier alpha value is -4.67. The monoisotopic (exact) mass is 590 g/mol. The Morgan fingerprint density at radius 1 is 0.878 bits per heavy atom. The summed E-state index contributed by atoms with van der Waals surface area (Å²) in [5.74, 6) is -0.522. The number of halogens is 1. The van der Waals surface area contributed by atoms with E-state index in [-0.39, 0.29) is 17.4 Å². The number of anilines is 2. The third-order valence-electron chi connectivity index (χ3n) is 5.74. The molecule has 0 aliphatic rings. The topological polar surface area (TPSA) is 117 Å². The molecule has 0 saturated carbocycles. The minimum Gasteiger partial charge on any atom is -0.484 e. The summed E-state index contributed by atoms with van der Waals surface area (Å²) in [6.07, 6.45) is 1.41. The van der Waals surface area contributed by atoms with Crippen molar-refractivity contribution in [3.63, 3.8) is 0 Å². The van der Waals surface area contributed by atoms with E-state index in [1.807, 2.05) is 6.92 Å². The second kappa shape index (κ2) is 13.6. The van der Waals surface area contributed by atoms with Crippen molar-refractivity contribution >= 4 is 51.0 Å². The lowest BCUT2D eigenvalue weighted by Crippen LogP contribution is -2.39. The molecule has 41 heavy (non-hydrogen) atoms. The zero-order valence-corrected chi connectivity index (χ0v) is 23.6. The van der Waals surface area contributed by atoms with E-state index < -0.39 is 22.5 Å². The van der Waals surface area contributed by atoms with Gasteiger partial charge in [0.2, 0.25) is 0 Å². The average molecular weight is 591 g/mol. The summed E-state index contributed by atoms with van der Waals surface area (Å²) in [7, 11) is -4.01. The number of benzene rings is 4. The van der Waals surface area contributed by atoms with E-state index in [0.29, 0.717) is 27.7 Å². The normalized spacial score (nSPS) is 11.2. The maximum absolute atomic E-state index is 13.4. The number of para-hydroxylation sites is 2. The van der Waals surface area contributed by atoms with E-state index >= 15 is 0 Å². The molecule has 4 aromatic carbocycles. The fraction of sp³-hybridized carbons (Fsp3) is 0.100. The smallest absolute Gasteiger partial charge is 0.264 e. The number of nitrogens with one attached hydrogen (secondary N) is 2. The Labute approximate surface area is 243 Å². The number of amides is 2. The third-order valence-corrected chi connectivity index (χ3v) is 7.86. The highest BCUT2D eigenvalue weighted by Gasteiger charge is 2.27. The van der Waals surface area contributed by atoms with Gasteiger partial charge in [-0.2, -0.15) is 5.10 Å². The van der Waals surface area contributed by atoms with Gasteiger partial charge in [-0.15, -0.1) is 0 Å². The minimum atomic E-state index is -4.01. The predicted octanol–water partition coefficient (Wildman–Crippen LogP) is 5.01. The van der Waals surface area contributed by atoms with E-state index in [0.717, 1.165) is 9.87 Å². The molecule has 9 nitrogen and oxygen atoms in total. The lowest BCUT2D eigenvalue weighted by Gasteiger charge is -2.23. The molecule has 0 unspecified atom stereocenters. The van der Waals surface area contributed by atoms with Crippen LogP contribution in [0.2, 0.25) is 5.02 Å². The second-order valence-electron chi connectivity index (χ2n) is 8.84. The Balaban J connectivity index is 1.33. The molecule has 0 bridgehead atoms. The standard InChI is InChI=1S/C30H27ClN4O5S/c1-22-11-17-26(18-12-22)41(38,39)35(24-7-3-2-4-8-24)20-29(36)34-32-19-23-13-15-25(16-14-23)40-21-30(37)33-28-10-6-5-9-27(28)31/h2-19H,20-21H2,1H3,(H,33,37)(H,34,36)/b32-19-. The number of hydrazone groups is 1. The quantitative estimate of drug-likeness (QED) is 0.188. The van der Waals surface area contributed by atoms with Crippen molar-refractivity contribution in [1.29, 1.82) is 0 Å². The van der Waals surface area contributed by atoms with Crippen LogP contribution in [0, 0.1) is 6.92 Å². The highest BCUT2D eigenvalue weighted by molar-refractivity contribution is 7.92. The predicted molar refractivity (Wildman–Crippen MR) is 160 cm³/mol. The molecule has 2 amide bonds. The summed E-state index contributed by atoms with van der Waals surface area (Å²) in [6, 6.07) is 28.4. The van der Waals surface area contributed by atoms with Crippen LogP contribution in [0.1, 0.15) is 11.1 Å². The molecule has 4 rings (SSSR count). The van der Waals surface area contributed by atoms with Gasteiger partial charge in [0.05, 0.1) is 27.5 Å². The summed E-state index contributed by atoms with van der Waals surface area (Å²) in [6.45, 7) is 1.18. The van der Waals surface area contributed by atoms with Crippen molar-refractivity contribution in [3.8, 4) is 5.75 Å². The SMILES string of the molecule is Cc1ccc(S(=O)(=O)N(CC(=O)N/N=C\c2ccc(OCC(=O)Nc3ccccc3Cl)cc2)c2ccccc2)cc1. The number of sulfonamides is 1. The third kappa shape index (κ3) is 8.17. The molecule has 0 aromatic heterocycles. The molecular weight excluding hydrogens is 564 g/mol. The van der Waals surface area contributed by atoms with Crippen LogP contribution < -0.4 is 19.8 Å². The Morgan fingerprint density at radius 3 is 2.22 bits per heavy atom. The lowest BCUT2D eigenvalue weighted by atomic mass is 10.2. The molecule has 0 spiro atoms. The van der Waals surface area contributed by atoms with Crippen LogP contribution in [0.15, 0.2) is 113 Å². The largest absolute Gasteiger partial charge is 0.484 e. The van der Waals surface area contributed by atoms with Gasteiger partial charge in [0.1, 0.15) is 12.3 Å². The molecule has 0 aliphatic carbocycles. The first kappa shape index (κ1) is 29.3. The Kier molecular flexibility index (Phi) is 9.73. The van der Waals surface area contributed by atoms with Gasteiger partial charge < -0.3 is 10.1 Å². The lowest BCUT2D eigenvalue weighted by molar-refractivity contribution is -0.119. The first-order valence-corrected chi connectivity index (χ1v) is 14.3. The summed E-state index contributed by atoms with van der Waals surface area (Å²) < 4.78 is 33.3. The van der Waals surface area contributed by atoms with Gasteiger partial charge in [0.25, 0.3) is 21.8 Å². The molecule has 0 heterocycles. The molecule has 4 aromatic rings. The molecule has 11 heteroatoms. The van der Waals surface area contributed by atoms with Crippen molar-refractivity contribution < 1.29 is 22.7 Å². The Morgan fingerprint density at radius 2 is 1.54 bits per heavy atom. The summed E-state index contributed by atoms with van der Waals surface area (Å²) in [4.78, 5) is 24.9. The van der Waals surface area contributed by atoms with Crippen LogP contribution in [0.5, 0.6) is 5.75 Å². The number of nitrogens with zero attached hydrogens (tertiary/aromatic N) is 2. The number of hydrogen-bond acceptors (Lipinski definition) is 6. The van der Waals surface area contributed by atoms with Crippen LogP contribution in [-0.2, 0) is 19.6 Å². The Bertz CT molecular complexity index is 1630. The zero-order chi connectivity index (χ0) is 29.2. The molecule has 0 radical (unpaired) electrons. The van der Waals surface area contributed by atoms with Crippen molar-refractivity contribution in [1.82, 2.24) is 5.43 Å². The van der Waals surface area contributed by atoms with E-state index in [1.54, 1.807) is 91.0 Å². The first-order valence-electron chi connectivity index (χ1n) is 12.5. The molecule has 210 valence electrons. The molecule has 0 aliphatic heterocycles. The summed E-state index contributed by atoms with van der Waals surface area (Å²) in [5.41, 5.74) is 4.78. The number of rotatable bonds is 11. The van der Waals surface area contributed by atoms with Gasteiger partial charge in [-0.1, -0.05) is 59.6 Å². The maximum atomic E-state index is 13.4. The maximum Gasteiger partial charge on any atom is 0.264 e. The molecule has 0 saturated heterocycles. The van der Waals surface area contributed by atoms with Crippen molar-refractivity contribution in [2.75, 3.05) is 22.8 Å². The van der Waals surface area contributed by atoms with Crippen molar-refractivity contribution in [3.05, 3.63) is 119 Å². The number of ether oxygens (including phenoxy) is 1. The molecular formula is C30H27ClN4O5S. The number of carbonyl (C=O) groups is 2. The van der Waals surface area contributed by atoms with E-state index in [2.05, 4.69) is 15.8 Å². The van der Waals surface area contributed by atoms with Crippen LogP contribution in [-0.4, -0.2) is 39.6 Å². The molecule has 0 fully saturated rings. The minimum absolute atomic E-state index is 0.0758. The summed E-state index contributed by atoms with van der Waals surface area (Å²) >= 11 is 6.04. The number of aryl methyl sites for hydroxylation is 1. The van der Waals surface area contributed by atoms with Crippen LogP contribution in [0.4, 0.5) is 11.4 Å². The molecule has 0 atom stereocenters. The van der Waals surface area contributed by atoms with Gasteiger partial charge in [-0.25, -0.2) is 13.8 Å². The highest BCUT2D eigenvalue weighted by atomic mass is 35.5. The van der Waals surface area contributed by atoms with Crippen LogP contribution >= 0.6 is 11.6 Å². The van der Waals surface area contributed by atoms with Gasteiger partial charge in [0, 0.05) is 0 Å². The van der Waals surface area contributed by atoms with Crippen molar-refractivity contribution in [2.45, 2.75) is 11.8 Å². The van der Waals surface area contributed by atoms with E-state index in [9.17, 15) is 18.0 Å². The second-order valence-corrected chi connectivity index (χ2v) is 11.1. The first-order chi connectivity index (χ1) is 19.7. The zero-order valence-electron chi connectivity index (χ0n) is 22.0.